The van der Waals surface area contributed by atoms with E-state index < -0.39 is 5.82 Å². The molecule has 4 nitrogen and oxygen atoms in total. The molecular formula is C8H6BrCrFO4. The molecule has 0 N–H and O–H groups in total. The summed E-state index contributed by atoms with van der Waals surface area (Å²) in [6, 6.07) is 4.29. The van der Waals surface area contributed by atoms with Gasteiger partial charge in [-0.1, -0.05) is 15.9 Å². The maximum absolute atomic E-state index is 12.8. The third-order valence-corrected chi connectivity index (χ3v) is 1.80. The van der Waals surface area contributed by atoms with Crippen LogP contribution in [0.4, 0.5) is 4.39 Å². The van der Waals surface area contributed by atoms with E-state index in [1.165, 1.54) is 19.1 Å². The van der Waals surface area contributed by atoms with Gasteiger partial charge in [-0.05, 0) is 25.1 Å². The number of hydrogen-bond acceptors (Lipinski definition) is 1. The van der Waals surface area contributed by atoms with Crippen molar-refractivity contribution < 1.29 is 43.0 Å². The Balaban J connectivity index is -0.000000151. The van der Waals surface area contributed by atoms with E-state index in [1.807, 2.05) is 0 Å². The Bertz CT molecular complexity index is 309. The van der Waals surface area contributed by atoms with Crippen LogP contribution in [-0.4, -0.2) is 5.78 Å². The molecule has 0 saturated heterocycles. The number of ketones is 1. The monoisotopic (exact) mass is 316 g/mol. The predicted molar refractivity (Wildman–Crippen MR) is 46.2 cm³/mol. The van der Waals surface area contributed by atoms with Crippen molar-refractivity contribution >= 4 is 21.7 Å². The van der Waals surface area contributed by atoms with Crippen LogP contribution in [0.25, 0.3) is 0 Å². The molecule has 0 amide bonds. The molecule has 0 heterocycles. The van der Waals surface area contributed by atoms with Gasteiger partial charge >= 0.3 is 17.4 Å². The number of hydrogen-bond donors (Lipinski definition) is 0. The maximum atomic E-state index is 12.8. The number of rotatable bonds is 1. The molecular weight excluding hydrogens is 311 g/mol. The molecule has 0 radical (unpaired) electrons. The topological polar surface area (TPSA) is 103 Å². The fraction of sp³-hybridized carbons (Fsp3) is 0.125. The van der Waals surface area contributed by atoms with Crippen molar-refractivity contribution in [3.05, 3.63) is 34.1 Å². The molecule has 15 heavy (non-hydrogen) atoms. The molecule has 0 bridgehead atoms. The molecule has 0 unspecified atom stereocenters. The molecule has 0 saturated carbocycles. The first-order valence-corrected chi connectivity index (χ1v) is 3.86. The number of carbonyl (C=O) groups is 1. The molecule has 0 aliphatic carbocycles. The molecule has 0 fully saturated rings. The smallest absolute Gasteiger partial charge is 2.00 e. The van der Waals surface area contributed by atoms with Gasteiger partial charge in [0.05, 0.1) is 5.56 Å². The average Bonchev–Trinajstić information content (AvgIpc) is 1.94. The Morgan fingerprint density at radius 2 is 1.73 bits per heavy atom. The summed E-state index contributed by atoms with van der Waals surface area (Å²) in [6.07, 6.45) is 0. The Morgan fingerprint density at radius 3 is 2.07 bits per heavy atom. The van der Waals surface area contributed by atoms with Crippen molar-refractivity contribution in [3.8, 4) is 0 Å². The van der Waals surface area contributed by atoms with E-state index in [1.54, 1.807) is 6.07 Å². The number of Topliss-reactive ketones (excluding diaryl/α,β-unsaturated/α-hetero) is 1. The summed E-state index contributed by atoms with van der Waals surface area (Å²) in [5.74, 6) is -0.732. The normalized spacial score (nSPS) is 7.13. The van der Waals surface area contributed by atoms with E-state index in [2.05, 4.69) is 15.9 Å². The van der Waals surface area contributed by atoms with Gasteiger partial charge in [0.1, 0.15) is 5.82 Å². The zero-order chi connectivity index (χ0) is 8.43. The second-order valence-corrected chi connectivity index (χ2v) is 3.10. The van der Waals surface area contributed by atoms with Crippen molar-refractivity contribution in [1.29, 1.82) is 0 Å². The van der Waals surface area contributed by atoms with Gasteiger partial charge in [-0.25, -0.2) is 4.39 Å². The summed E-state index contributed by atoms with van der Waals surface area (Å²) in [7, 11) is 0. The quantitative estimate of drug-likeness (QED) is 0.729. The third kappa shape index (κ3) is 6.73. The Kier molecular flexibility index (Phi) is 16.5. The second kappa shape index (κ2) is 10.2. The van der Waals surface area contributed by atoms with Crippen LogP contribution in [0, 0.1) is 5.82 Å². The van der Waals surface area contributed by atoms with Gasteiger partial charge in [-0.2, -0.15) is 0 Å². The fourth-order valence-corrected chi connectivity index (χ4v) is 1.13. The maximum Gasteiger partial charge on any atom is 6.00 e. The summed E-state index contributed by atoms with van der Waals surface area (Å²) in [5.41, 5.74) is 0.124. The first-order valence-electron chi connectivity index (χ1n) is 3.07. The van der Waals surface area contributed by atoms with Crippen LogP contribution in [0.3, 0.4) is 0 Å². The predicted octanol–water partition coefficient (Wildman–Crippen LogP) is 2.43. The second-order valence-electron chi connectivity index (χ2n) is 2.18. The van der Waals surface area contributed by atoms with Crippen LogP contribution in [0.15, 0.2) is 22.7 Å². The zero-order valence-corrected chi connectivity index (χ0v) is 10.4. The Labute approximate surface area is 106 Å². The minimum Gasteiger partial charge on any atom is -2.00 e. The third-order valence-electron chi connectivity index (χ3n) is 1.31. The minimum absolute atomic E-state index is 0. The van der Waals surface area contributed by atoms with Crippen LogP contribution in [0.2, 0.25) is 0 Å². The van der Waals surface area contributed by atoms with Crippen LogP contribution in [-0.2, 0) is 33.8 Å². The van der Waals surface area contributed by atoms with Crippen molar-refractivity contribution in [2.45, 2.75) is 6.92 Å². The van der Waals surface area contributed by atoms with E-state index in [0.29, 0.717) is 4.47 Å². The first-order chi connectivity index (χ1) is 5.11. The van der Waals surface area contributed by atoms with Gasteiger partial charge in [-0.15, -0.1) is 0 Å². The summed E-state index contributed by atoms with van der Waals surface area (Å²) in [6.45, 7) is 1.34. The van der Waals surface area contributed by atoms with E-state index in [4.69, 9.17) is 0 Å². The fourth-order valence-electron chi connectivity index (χ4n) is 0.767. The van der Waals surface area contributed by atoms with Crippen molar-refractivity contribution in [2.24, 2.45) is 0 Å². The van der Waals surface area contributed by atoms with Crippen molar-refractivity contribution in [2.75, 3.05) is 0 Å². The molecule has 1 aromatic rings. The largest absolute Gasteiger partial charge is 6.00 e. The van der Waals surface area contributed by atoms with Crippen LogP contribution in [0.1, 0.15) is 17.3 Å². The Morgan fingerprint density at radius 1 is 1.27 bits per heavy atom. The Hall–Kier alpha value is -0.288. The van der Waals surface area contributed by atoms with Crippen molar-refractivity contribution in [3.63, 3.8) is 0 Å². The van der Waals surface area contributed by atoms with Gasteiger partial charge < -0.3 is 16.4 Å². The summed E-state index contributed by atoms with van der Waals surface area (Å²) < 4.78 is 13.5. The molecule has 0 atom stereocenters. The molecule has 1 rings (SSSR count). The van der Waals surface area contributed by atoms with Crippen LogP contribution >= 0.6 is 15.9 Å². The van der Waals surface area contributed by atoms with Crippen LogP contribution < -0.4 is 0 Å². The first kappa shape index (κ1) is 24.1. The van der Waals surface area contributed by atoms with E-state index in [9.17, 15) is 9.18 Å². The standard InChI is InChI=1S/C8H6BrFO.Cr.3O/c1-5(11)7-4-6(9)2-3-8(7)10;;;;/h2-4H,1H3;;;;/q;+6;3*-2. The average molecular weight is 317 g/mol. The van der Waals surface area contributed by atoms with Gasteiger partial charge in [0.2, 0.25) is 0 Å². The van der Waals surface area contributed by atoms with E-state index in [-0.39, 0.29) is 45.1 Å². The van der Waals surface area contributed by atoms with Crippen molar-refractivity contribution in [1.82, 2.24) is 0 Å². The zero-order valence-electron chi connectivity index (χ0n) is 7.53. The molecule has 1 aromatic carbocycles. The van der Waals surface area contributed by atoms with Crippen LogP contribution in [0.5, 0.6) is 0 Å². The number of carbonyl (C=O) groups excluding carboxylic acids is 1. The summed E-state index contributed by atoms with van der Waals surface area (Å²) >= 11 is 3.15. The molecule has 0 spiro atoms. The van der Waals surface area contributed by atoms with Gasteiger partial charge in [0, 0.05) is 4.47 Å². The minimum atomic E-state index is -0.472. The summed E-state index contributed by atoms with van der Waals surface area (Å²) in [4.78, 5) is 10.8. The molecule has 82 valence electrons. The number of halogens is 2. The SMILES string of the molecule is CC(=O)c1cc(Br)ccc1F.[Cr+6].[O-2].[O-2].[O-2]. The van der Waals surface area contributed by atoms with Gasteiger partial charge in [0.15, 0.2) is 5.78 Å². The van der Waals surface area contributed by atoms with Gasteiger partial charge in [0.25, 0.3) is 0 Å². The molecule has 0 aliphatic rings. The molecule has 0 aromatic heterocycles. The number of benzene rings is 1. The van der Waals surface area contributed by atoms with Gasteiger partial charge in [-0.3, -0.25) is 4.79 Å². The van der Waals surface area contributed by atoms with E-state index >= 15 is 0 Å². The molecule has 7 heteroatoms. The van der Waals surface area contributed by atoms with E-state index in [0.717, 1.165) is 0 Å². The summed E-state index contributed by atoms with van der Waals surface area (Å²) in [5, 5.41) is 0. The molecule has 0 aliphatic heterocycles.